The lowest BCUT2D eigenvalue weighted by molar-refractivity contribution is 0.629. The van der Waals surface area contributed by atoms with Gasteiger partial charge < -0.3 is 0 Å². The number of thioether (sulfide) groups is 6. The molecule has 0 fully saturated rings. The van der Waals surface area contributed by atoms with Crippen molar-refractivity contribution in [3.8, 4) is 0 Å². The molecule has 4 rings (SSSR count). The molecule has 0 bridgehead atoms. The Morgan fingerprint density at radius 2 is 1.30 bits per heavy atom. The lowest BCUT2D eigenvalue weighted by Crippen LogP contribution is -1.83. The quantitative estimate of drug-likeness (QED) is 0.240. The third-order valence-electron chi connectivity index (χ3n) is 4.89. The molecular weight excluding hydrogens is 501 g/mol. The van der Waals surface area contributed by atoms with E-state index >= 15 is 0 Å². The summed E-state index contributed by atoms with van der Waals surface area (Å²) in [5.74, 6) is 2.28. The maximum Gasteiger partial charge on any atom is 0.0717 e. The summed E-state index contributed by atoms with van der Waals surface area (Å²) >= 11 is 16.2. The fourth-order valence-electron chi connectivity index (χ4n) is 3.32. The Bertz CT molecular complexity index is 901. The van der Waals surface area contributed by atoms with Gasteiger partial charge in [-0.15, -0.1) is 23.5 Å². The number of thiol groups is 1. The van der Waals surface area contributed by atoms with E-state index in [1.165, 1.54) is 81.8 Å². The van der Waals surface area contributed by atoms with E-state index in [0.717, 1.165) is 5.75 Å². The lowest BCUT2D eigenvalue weighted by Gasteiger charge is -2.04. The van der Waals surface area contributed by atoms with Gasteiger partial charge >= 0.3 is 0 Å². The average molecular weight is 527 g/mol. The Balaban J connectivity index is 1.32. The van der Waals surface area contributed by atoms with Crippen LogP contribution in [0.25, 0.3) is 10.8 Å². The Morgan fingerprint density at radius 3 is 1.93 bits per heavy atom. The van der Waals surface area contributed by atoms with Gasteiger partial charge in [0.25, 0.3) is 0 Å². The SMILES string of the molecule is CSC1=C(SCCCCCCCCS)SC(=C2Sc3cc4ccccc4cc3S2)S1. The molecule has 0 aliphatic carbocycles. The number of rotatable bonds is 10. The fraction of sp³-hybridized carbons (Fsp3) is 0.391. The molecule has 0 unspecified atom stereocenters. The van der Waals surface area contributed by atoms with Gasteiger partial charge in [-0.25, -0.2) is 0 Å². The van der Waals surface area contributed by atoms with E-state index in [4.69, 9.17) is 0 Å². The molecule has 0 atom stereocenters. The molecule has 30 heavy (non-hydrogen) atoms. The molecule has 2 aliphatic heterocycles. The highest BCUT2D eigenvalue weighted by Crippen LogP contribution is 2.64. The number of fused-ring (bicyclic) bond motifs is 2. The Labute approximate surface area is 211 Å². The van der Waals surface area contributed by atoms with E-state index in [1.54, 1.807) is 0 Å². The van der Waals surface area contributed by atoms with Crippen LogP contribution in [0.3, 0.4) is 0 Å². The van der Waals surface area contributed by atoms with Crippen LogP contribution in [0, 0.1) is 0 Å². The first-order valence-electron chi connectivity index (χ1n) is 10.3. The standard InChI is InChI=1S/C23H26S7/c1-25-20-21(26-13-9-5-3-2-4-8-12-24)30-23(29-20)22-27-18-14-16-10-6-7-11-17(16)15-19(18)28-22/h6-7,10-11,14-15,24H,2-5,8-9,12-13H2,1H3. The van der Waals surface area contributed by atoms with Crippen molar-refractivity contribution in [3.05, 3.63) is 53.3 Å². The van der Waals surface area contributed by atoms with Gasteiger partial charge in [0.2, 0.25) is 0 Å². The number of benzene rings is 2. The molecule has 2 aliphatic rings. The topological polar surface area (TPSA) is 0 Å². The smallest absolute Gasteiger partial charge is 0.0717 e. The first kappa shape index (κ1) is 23.8. The molecule has 160 valence electrons. The first-order valence-corrected chi connectivity index (χ1v) is 16.4. The van der Waals surface area contributed by atoms with E-state index in [9.17, 15) is 0 Å². The highest BCUT2D eigenvalue weighted by molar-refractivity contribution is 8.42. The minimum Gasteiger partial charge on any atom is -0.179 e. The summed E-state index contributed by atoms with van der Waals surface area (Å²) in [6.07, 6.45) is 10.3. The van der Waals surface area contributed by atoms with Crippen LogP contribution in [0.1, 0.15) is 38.5 Å². The maximum atomic E-state index is 4.29. The van der Waals surface area contributed by atoms with E-state index in [0.29, 0.717) is 0 Å². The second-order valence-corrected chi connectivity index (χ2v) is 14.6. The van der Waals surface area contributed by atoms with Crippen molar-refractivity contribution < 1.29 is 0 Å². The van der Waals surface area contributed by atoms with Gasteiger partial charge in [-0.1, -0.05) is 97.0 Å². The Morgan fingerprint density at radius 1 is 0.733 bits per heavy atom. The molecule has 0 nitrogen and oxygen atoms in total. The molecular formula is C23H26S7. The Kier molecular flexibility index (Phi) is 9.66. The summed E-state index contributed by atoms with van der Waals surface area (Å²) < 4.78 is 5.95. The predicted molar refractivity (Wildman–Crippen MR) is 152 cm³/mol. The molecule has 0 aromatic heterocycles. The van der Waals surface area contributed by atoms with Gasteiger partial charge in [0.15, 0.2) is 0 Å². The third-order valence-corrected chi connectivity index (χ3v) is 13.7. The minimum atomic E-state index is 1.03. The van der Waals surface area contributed by atoms with Crippen LogP contribution in [0.5, 0.6) is 0 Å². The van der Waals surface area contributed by atoms with Crippen LogP contribution in [0.4, 0.5) is 0 Å². The molecule has 0 saturated heterocycles. The zero-order valence-electron chi connectivity index (χ0n) is 17.0. The van der Waals surface area contributed by atoms with E-state index in [1.807, 2.05) is 58.8 Å². The molecule has 0 saturated carbocycles. The van der Waals surface area contributed by atoms with Crippen LogP contribution in [-0.2, 0) is 0 Å². The van der Waals surface area contributed by atoms with Crippen LogP contribution >= 0.6 is 83.2 Å². The van der Waals surface area contributed by atoms with E-state index in [2.05, 4.69) is 67.0 Å². The van der Waals surface area contributed by atoms with Gasteiger partial charge in [-0.3, -0.25) is 0 Å². The average Bonchev–Trinajstić information content (AvgIpc) is 3.37. The Hall–Kier alpha value is 0.630. The van der Waals surface area contributed by atoms with Gasteiger partial charge in [0, 0.05) is 9.79 Å². The second kappa shape index (κ2) is 12.2. The molecule has 7 heteroatoms. The van der Waals surface area contributed by atoms with Crippen molar-refractivity contribution in [2.24, 2.45) is 0 Å². The van der Waals surface area contributed by atoms with Crippen molar-refractivity contribution in [1.82, 2.24) is 0 Å². The summed E-state index contributed by atoms with van der Waals surface area (Å²) in [7, 11) is 0. The predicted octanol–water partition coefficient (Wildman–Crippen LogP) is 10.1. The normalized spacial score (nSPS) is 16.2. The largest absolute Gasteiger partial charge is 0.179 e. The van der Waals surface area contributed by atoms with Crippen LogP contribution in [-0.4, -0.2) is 17.8 Å². The van der Waals surface area contributed by atoms with Gasteiger partial charge in [0.05, 0.1) is 16.9 Å². The van der Waals surface area contributed by atoms with Crippen molar-refractivity contribution in [1.29, 1.82) is 0 Å². The number of hydrogen-bond donors (Lipinski definition) is 1. The molecule has 2 aromatic carbocycles. The van der Waals surface area contributed by atoms with Crippen molar-refractivity contribution >= 4 is 94.0 Å². The molecule has 2 heterocycles. The lowest BCUT2D eigenvalue weighted by atomic mass is 10.1. The van der Waals surface area contributed by atoms with Crippen molar-refractivity contribution in [2.75, 3.05) is 17.8 Å². The molecule has 0 amide bonds. The van der Waals surface area contributed by atoms with Gasteiger partial charge in [-0.2, -0.15) is 12.6 Å². The second-order valence-electron chi connectivity index (χ2n) is 7.10. The van der Waals surface area contributed by atoms with E-state index in [-0.39, 0.29) is 0 Å². The van der Waals surface area contributed by atoms with Crippen molar-refractivity contribution in [2.45, 2.75) is 48.3 Å². The van der Waals surface area contributed by atoms with Gasteiger partial charge in [0.1, 0.15) is 0 Å². The fourth-order valence-corrected chi connectivity index (χ4v) is 11.9. The van der Waals surface area contributed by atoms with Crippen LogP contribution in [0.2, 0.25) is 0 Å². The summed E-state index contributed by atoms with van der Waals surface area (Å²) in [5, 5.41) is 2.68. The number of hydrogen-bond acceptors (Lipinski definition) is 7. The monoisotopic (exact) mass is 526 g/mol. The van der Waals surface area contributed by atoms with Gasteiger partial charge in [-0.05, 0) is 53.5 Å². The molecule has 0 spiro atoms. The summed E-state index contributed by atoms with van der Waals surface area (Å²) in [5.41, 5.74) is 0. The highest BCUT2D eigenvalue weighted by Gasteiger charge is 2.28. The third kappa shape index (κ3) is 6.15. The maximum absolute atomic E-state index is 4.29. The zero-order chi connectivity index (χ0) is 20.8. The molecule has 0 N–H and O–H groups in total. The molecule has 2 aromatic rings. The first-order chi connectivity index (χ1) is 14.8. The van der Waals surface area contributed by atoms with Crippen molar-refractivity contribution in [3.63, 3.8) is 0 Å². The van der Waals surface area contributed by atoms with Crippen LogP contribution < -0.4 is 0 Å². The summed E-state index contributed by atoms with van der Waals surface area (Å²) in [6, 6.07) is 13.4. The summed E-state index contributed by atoms with van der Waals surface area (Å²) in [4.78, 5) is 2.82. The molecule has 0 radical (unpaired) electrons. The zero-order valence-corrected chi connectivity index (χ0v) is 22.8. The van der Waals surface area contributed by atoms with Crippen LogP contribution in [0.15, 0.2) is 63.1 Å². The van der Waals surface area contributed by atoms with E-state index < -0.39 is 0 Å². The minimum absolute atomic E-state index is 1.03. The summed E-state index contributed by atoms with van der Waals surface area (Å²) in [6.45, 7) is 0. The number of unbranched alkanes of at least 4 members (excludes halogenated alkanes) is 5. The highest BCUT2D eigenvalue weighted by atomic mass is 32.3.